The first kappa shape index (κ1) is 17.8. The van der Waals surface area contributed by atoms with Gasteiger partial charge in [-0.2, -0.15) is 0 Å². The van der Waals surface area contributed by atoms with Crippen LogP contribution in [0.15, 0.2) is 18.2 Å². The average molecular weight is 336 g/mol. The van der Waals surface area contributed by atoms with Gasteiger partial charge >= 0.3 is 0 Å². The number of hydrogen-bond donors (Lipinski definition) is 1. The summed E-state index contributed by atoms with van der Waals surface area (Å²) >= 11 is 0. The van der Waals surface area contributed by atoms with Gasteiger partial charge in [-0.15, -0.1) is 0 Å². The molecule has 2 aliphatic rings. The van der Waals surface area contributed by atoms with Crippen LogP contribution in [-0.2, 0) is 22.4 Å². The lowest BCUT2D eigenvalue weighted by atomic mass is 9.98. The van der Waals surface area contributed by atoms with Crippen LogP contribution < -0.4 is 5.32 Å². The van der Waals surface area contributed by atoms with E-state index in [0.29, 0.717) is 32.3 Å². The van der Waals surface area contributed by atoms with Crippen LogP contribution in [0.4, 0.5) is 4.39 Å². The topological polar surface area (TPSA) is 33.7 Å². The first-order valence-electron chi connectivity index (χ1n) is 8.97. The molecule has 2 fully saturated rings. The number of nitrogens with one attached hydrogen (secondary N) is 1. The predicted octanol–water partition coefficient (Wildman–Crippen LogP) is 2.21. The van der Waals surface area contributed by atoms with Crippen LogP contribution in [-0.4, -0.2) is 56.5 Å². The Morgan fingerprint density at radius 1 is 1.21 bits per heavy atom. The van der Waals surface area contributed by atoms with E-state index in [2.05, 4.69) is 24.1 Å². The molecule has 1 unspecified atom stereocenters. The molecule has 1 aromatic carbocycles. The van der Waals surface area contributed by atoms with E-state index >= 15 is 0 Å². The zero-order chi connectivity index (χ0) is 17.0. The largest absolute Gasteiger partial charge is 0.378 e. The maximum Gasteiger partial charge on any atom is 0.130 e. The highest BCUT2D eigenvalue weighted by molar-refractivity contribution is 5.26. The van der Waals surface area contributed by atoms with Crippen molar-refractivity contribution in [2.24, 2.45) is 5.92 Å². The SMILES string of the molecule is CC(C)Cc1cccc(CN2CCOCC3(COCCN3)C2)c1F. The summed E-state index contributed by atoms with van der Waals surface area (Å²) in [4.78, 5) is 2.28. The number of benzene rings is 1. The number of hydrogen-bond acceptors (Lipinski definition) is 4. The van der Waals surface area contributed by atoms with Gasteiger partial charge in [0.25, 0.3) is 0 Å². The minimum atomic E-state index is -0.166. The summed E-state index contributed by atoms with van der Waals surface area (Å²) in [7, 11) is 0. The first-order valence-corrected chi connectivity index (χ1v) is 8.97. The van der Waals surface area contributed by atoms with Crippen molar-refractivity contribution in [3.05, 3.63) is 35.1 Å². The van der Waals surface area contributed by atoms with E-state index in [1.54, 1.807) is 0 Å². The summed E-state index contributed by atoms with van der Waals surface area (Å²) in [5, 5.41) is 3.56. The zero-order valence-electron chi connectivity index (χ0n) is 14.8. The molecule has 3 rings (SSSR count). The number of ether oxygens (including phenoxy) is 2. The molecule has 0 aliphatic carbocycles. The quantitative estimate of drug-likeness (QED) is 0.914. The van der Waals surface area contributed by atoms with Gasteiger partial charge in [-0.3, -0.25) is 4.90 Å². The highest BCUT2D eigenvalue weighted by Crippen LogP contribution is 2.21. The lowest BCUT2D eigenvalue weighted by Crippen LogP contribution is -2.61. The molecule has 0 radical (unpaired) electrons. The van der Waals surface area contributed by atoms with Gasteiger partial charge < -0.3 is 14.8 Å². The number of rotatable bonds is 4. The molecule has 4 nitrogen and oxygen atoms in total. The van der Waals surface area contributed by atoms with Gasteiger partial charge in [0.15, 0.2) is 0 Å². The standard InChI is InChI=1S/C19H29FN2O2/c1-15(2)10-16-4-3-5-17(18(16)20)11-22-7-9-24-14-19(12-22)13-23-8-6-21-19/h3-5,15,21H,6-14H2,1-2H3. The van der Waals surface area contributed by atoms with Crippen LogP contribution in [0, 0.1) is 11.7 Å². The highest BCUT2D eigenvalue weighted by Gasteiger charge is 2.36. The lowest BCUT2D eigenvalue weighted by Gasteiger charge is -2.39. The molecule has 0 amide bonds. The van der Waals surface area contributed by atoms with Crippen molar-refractivity contribution in [3.63, 3.8) is 0 Å². The predicted molar refractivity (Wildman–Crippen MR) is 92.6 cm³/mol. The third-order valence-electron chi connectivity index (χ3n) is 4.76. The Kier molecular flexibility index (Phi) is 5.87. The Morgan fingerprint density at radius 2 is 1.96 bits per heavy atom. The van der Waals surface area contributed by atoms with Crippen molar-refractivity contribution in [3.8, 4) is 0 Å². The summed E-state index contributed by atoms with van der Waals surface area (Å²) in [6, 6.07) is 5.78. The first-order chi connectivity index (χ1) is 11.6. The van der Waals surface area contributed by atoms with E-state index in [9.17, 15) is 4.39 Å². The van der Waals surface area contributed by atoms with E-state index in [1.165, 1.54) is 0 Å². The second-order valence-corrected chi connectivity index (χ2v) is 7.51. The molecular formula is C19H29FN2O2. The van der Waals surface area contributed by atoms with Crippen LogP contribution in [0.25, 0.3) is 0 Å². The Bertz CT molecular complexity index is 544. The molecule has 1 spiro atoms. The minimum Gasteiger partial charge on any atom is -0.378 e. The maximum absolute atomic E-state index is 14.8. The van der Waals surface area contributed by atoms with Crippen molar-refractivity contribution in [1.29, 1.82) is 0 Å². The van der Waals surface area contributed by atoms with Crippen LogP contribution in [0.3, 0.4) is 0 Å². The van der Waals surface area contributed by atoms with Gasteiger partial charge in [0.1, 0.15) is 5.82 Å². The highest BCUT2D eigenvalue weighted by atomic mass is 19.1. The fourth-order valence-corrected chi connectivity index (χ4v) is 3.64. The van der Waals surface area contributed by atoms with Crippen molar-refractivity contribution in [1.82, 2.24) is 10.2 Å². The van der Waals surface area contributed by atoms with E-state index in [4.69, 9.17) is 9.47 Å². The van der Waals surface area contributed by atoms with Crippen molar-refractivity contribution < 1.29 is 13.9 Å². The number of nitrogens with zero attached hydrogens (tertiary/aromatic N) is 1. The van der Waals surface area contributed by atoms with Crippen LogP contribution in [0.5, 0.6) is 0 Å². The molecule has 1 atom stereocenters. The summed E-state index contributed by atoms with van der Waals surface area (Å²) in [5.41, 5.74) is 1.44. The molecular weight excluding hydrogens is 307 g/mol. The monoisotopic (exact) mass is 336 g/mol. The van der Waals surface area contributed by atoms with E-state index in [0.717, 1.165) is 43.8 Å². The smallest absolute Gasteiger partial charge is 0.130 e. The van der Waals surface area contributed by atoms with Crippen LogP contribution >= 0.6 is 0 Å². The van der Waals surface area contributed by atoms with Crippen molar-refractivity contribution in [2.75, 3.05) is 46.1 Å². The molecule has 1 aromatic rings. The second-order valence-electron chi connectivity index (χ2n) is 7.51. The second kappa shape index (κ2) is 7.91. The normalized spacial score (nSPS) is 26.0. The summed E-state index contributed by atoms with van der Waals surface area (Å²) in [6.45, 7) is 10.1. The summed E-state index contributed by atoms with van der Waals surface area (Å²) in [6.07, 6.45) is 0.780. The fraction of sp³-hybridized carbons (Fsp3) is 0.684. The molecule has 1 N–H and O–H groups in total. The molecule has 2 heterocycles. The van der Waals surface area contributed by atoms with Gasteiger partial charge in [0.2, 0.25) is 0 Å². The molecule has 0 bridgehead atoms. The number of morpholine rings is 1. The third-order valence-corrected chi connectivity index (χ3v) is 4.76. The summed E-state index contributed by atoms with van der Waals surface area (Å²) < 4.78 is 26.3. The molecule has 24 heavy (non-hydrogen) atoms. The fourth-order valence-electron chi connectivity index (χ4n) is 3.64. The molecule has 0 aromatic heterocycles. The van der Waals surface area contributed by atoms with Gasteiger partial charge in [0.05, 0.1) is 32.0 Å². The molecule has 2 saturated heterocycles. The Hall–Kier alpha value is -1.01. The maximum atomic E-state index is 14.8. The Labute approximate surface area is 144 Å². The molecule has 5 heteroatoms. The van der Waals surface area contributed by atoms with Crippen LogP contribution in [0.2, 0.25) is 0 Å². The molecule has 2 aliphatic heterocycles. The van der Waals surface area contributed by atoms with E-state index < -0.39 is 0 Å². The Morgan fingerprint density at radius 3 is 2.71 bits per heavy atom. The minimum absolute atomic E-state index is 0.0433. The van der Waals surface area contributed by atoms with E-state index in [-0.39, 0.29) is 11.4 Å². The van der Waals surface area contributed by atoms with Crippen LogP contribution in [0.1, 0.15) is 25.0 Å². The van der Waals surface area contributed by atoms with Gasteiger partial charge in [-0.25, -0.2) is 4.39 Å². The van der Waals surface area contributed by atoms with Gasteiger partial charge in [-0.05, 0) is 17.9 Å². The molecule has 0 saturated carbocycles. The van der Waals surface area contributed by atoms with E-state index in [1.807, 2.05) is 18.2 Å². The Balaban J connectivity index is 1.72. The van der Waals surface area contributed by atoms with Crippen molar-refractivity contribution >= 4 is 0 Å². The van der Waals surface area contributed by atoms with Crippen molar-refractivity contribution in [2.45, 2.75) is 32.4 Å². The van der Waals surface area contributed by atoms with Gasteiger partial charge in [0, 0.05) is 31.7 Å². The van der Waals surface area contributed by atoms with Gasteiger partial charge in [-0.1, -0.05) is 32.0 Å². The average Bonchev–Trinajstić information content (AvgIpc) is 2.74. The lowest BCUT2D eigenvalue weighted by molar-refractivity contribution is -0.0161. The number of halogens is 1. The molecule has 134 valence electrons. The third kappa shape index (κ3) is 4.33. The summed E-state index contributed by atoms with van der Waals surface area (Å²) in [5.74, 6) is 0.409. The zero-order valence-corrected chi connectivity index (χ0v) is 14.8.